The summed E-state index contributed by atoms with van der Waals surface area (Å²) in [5.74, 6) is 0. The van der Waals surface area contributed by atoms with Gasteiger partial charge in [-0.05, 0) is 41.5 Å². The molecule has 1 unspecified atom stereocenters. The zero-order valence-corrected chi connectivity index (χ0v) is 14.6. The minimum absolute atomic E-state index is 0.219. The molecule has 2 rings (SSSR count). The van der Waals surface area contributed by atoms with Crippen LogP contribution in [0.5, 0.6) is 0 Å². The molecular weight excluding hydrogens is 445 g/mol. The normalized spacial score (nSPS) is 12.5. The van der Waals surface area contributed by atoms with Crippen LogP contribution in [0.2, 0.25) is 5.02 Å². The molecule has 2 aromatic carbocycles. The van der Waals surface area contributed by atoms with Gasteiger partial charge in [-0.3, -0.25) is 0 Å². The van der Waals surface area contributed by atoms with Crippen molar-refractivity contribution in [1.29, 1.82) is 0 Å². The average Bonchev–Trinajstić information content (AvgIpc) is 2.31. The second-order valence-electron chi connectivity index (χ2n) is 3.81. The van der Waals surface area contributed by atoms with E-state index in [0.29, 0.717) is 5.02 Å². The molecule has 0 fully saturated rings. The standard InChI is InChI=1S/C13H9Br3ClN/c14-7-1-4-11(15)10(5-7)13(18)9-3-2-8(17)6-12(9)16/h1-6,13H,18H2. The Morgan fingerprint density at radius 3 is 2.28 bits per heavy atom. The molecule has 0 heterocycles. The van der Waals surface area contributed by atoms with Gasteiger partial charge in [0.15, 0.2) is 0 Å². The first-order chi connectivity index (χ1) is 8.49. The van der Waals surface area contributed by atoms with Crippen LogP contribution in [0.25, 0.3) is 0 Å². The Kier molecular flexibility index (Phi) is 4.89. The number of halogens is 4. The molecule has 0 saturated carbocycles. The van der Waals surface area contributed by atoms with E-state index in [-0.39, 0.29) is 6.04 Å². The smallest absolute Gasteiger partial charge is 0.0574 e. The van der Waals surface area contributed by atoms with E-state index in [1.165, 1.54) is 0 Å². The van der Waals surface area contributed by atoms with Crippen LogP contribution in [0.3, 0.4) is 0 Å². The lowest BCUT2D eigenvalue weighted by Gasteiger charge is -2.16. The highest BCUT2D eigenvalue weighted by atomic mass is 79.9. The van der Waals surface area contributed by atoms with Crippen molar-refractivity contribution in [1.82, 2.24) is 0 Å². The molecule has 1 nitrogen and oxygen atoms in total. The highest BCUT2D eigenvalue weighted by molar-refractivity contribution is 9.11. The SMILES string of the molecule is NC(c1ccc(Cl)cc1Br)c1cc(Br)ccc1Br. The molecular formula is C13H9Br3ClN. The number of hydrogen-bond donors (Lipinski definition) is 1. The predicted octanol–water partition coefficient (Wildman–Crippen LogP) is 5.68. The zero-order chi connectivity index (χ0) is 13.3. The predicted molar refractivity (Wildman–Crippen MR) is 87.0 cm³/mol. The molecule has 0 aliphatic heterocycles. The van der Waals surface area contributed by atoms with E-state index in [4.69, 9.17) is 17.3 Å². The molecule has 94 valence electrons. The number of hydrogen-bond acceptors (Lipinski definition) is 1. The fraction of sp³-hybridized carbons (Fsp3) is 0.0769. The van der Waals surface area contributed by atoms with Gasteiger partial charge in [0.25, 0.3) is 0 Å². The first kappa shape index (κ1) is 14.5. The van der Waals surface area contributed by atoms with E-state index in [2.05, 4.69) is 47.8 Å². The van der Waals surface area contributed by atoms with Gasteiger partial charge in [0.2, 0.25) is 0 Å². The van der Waals surface area contributed by atoms with Gasteiger partial charge in [-0.1, -0.05) is 65.5 Å². The van der Waals surface area contributed by atoms with Gasteiger partial charge in [-0.2, -0.15) is 0 Å². The molecule has 0 aromatic heterocycles. The van der Waals surface area contributed by atoms with Crippen molar-refractivity contribution in [3.05, 3.63) is 66.0 Å². The summed E-state index contributed by atoms with van der Waals surface area (Å²) in [6.45, 7) is 0. The van der Waals surface area contributed by atoms with Crippen LogP contribution in [0, 0.1) is 0 Å². The third-order valence-corrected chi connectivity index (χ3v) is 4.73. The summed E-state index contributed by atoms with van der Waals surface area (Å²) >= 11 is 16.4. The second-order valence-corrected chi connectivity index (χ2v) is 6.87. The topological polar surface area (TPSA) is 26.0 Å². The van der Waals surface area contributed by atoms with Crippen molar-refractivity contribution in [3.63, 3.8) is 0 Å². The monoisotopic (exact) mass is 451 g/mol. The van der Waals surface area contributed by atoms with Crippen LogP contribution < -0.4 is 5.73 Å². The molecule has 0 radical (unpaired) electrons. The van der Waals surface area contributed by atoms with Crippen molar-refractivity contribution in [2.75, 3.05) is 0 Å². The summed E-state index contributed by atoms with van der Waals surface area (Å²) in [6.07, 6.45) is 0. The van der Waals surface area contributed by atoms with Gasteiger partial charge in [0.05, 0.1) is 6.04 Å². The van der Waals surface area contributed by atoms with Crippen molar-refractivity contribution in [3.8, 4) is 0 Å². The molecule has 2 N–H and O–H groups in total. The molecule has 1 atom stereocenters. The van der Waals surface area contributed by atoms with E-state index < -0.39 is 0 Å². The van der Waals surface area contributed by atoms with Crippen LogP contribution in [0.4, 0.5) is 0 Å². The van der Waals surface area contributed by atoms with Crippen molar-refractivity contribution < 1.29 is 0 Å². The van der Waals surface area contributed by atoms with E-state index in [1.54, 1.807) is 0 Å². The maximum Gasteiger partial charge on any atom is 0.0574 e. The van der Waals surface area contributed by atoms with Crippen LogP contribution >= 0.6 is 59.4 Å². The molecule has 0 amide bonds. The molecule has 2 aromatic rings. The van der Waals surface area contributed by atoms with Crippen LogP contribution in [0.15, 0.2) is 49.8 Å². The van der Waals surface area contributed by atoms with Gasteiger partial charge in [0.1, 0.15) is 0 Å². The van der Waals surface area contributed by atoms with Gasteiger partial charge in [0, 0.05) is 18.4 Å². The summed E-state index contributed by atoms with van der Waals surface area (Å²) in [5.41, 5.74) is 8.33. The Morgan fingerprint density at radius 2 is 1.61 bits per heavy atom. The molecule has 0 aliphatic carbocycles. The maximum atomic E-state index is 6.31. The Balaban J connectivity index is 2.47. The Morgan fingerprint density at radius 1 is 0.889 bits per heavy atom. The van der Waals surface area contributed by atoms with E-state index in [0.717, 1.165) is 24.5 Å². The first-order valence-electron chi connectivity index (χ1n) is 5.14. The lowest BCUT2D eigenvalue weighted by atomic mass is 10.00. The maximum absolute atomic E-state index is 6.31. The first-order valence-corrected chi connectivity index (χ1v) is 7.90. The summed E-state index contributed by atoms with van der Waals surface area (Å²) < 4.78 is 2.90. The molecule has 0 aliphatic rings. The van der Waals surface area contributed by atoms with Gasteiger partial charge < -0.3 is 5.73 Å². The number of rotatable bonds is 2. The fourth-order valence-corrected chi connectivity index (χ4v) is 3.48. The van der Waals surface area contributed by atoms with Crippen molar-refractivity contribution in [2.45, 2.75) is 6.04 Å². The van der Waals surface area contributed by atoms with Crippen molar-refractivity contribution in [2.24, 2.45) is 5.73 Å². The minimum atomic E-state index is -0.219. The Bertz CT molecular complexity index is 586. The molecule has 0 spiro atoms. The average molecular weight is 454 g/mol. The highest BCUT2D eigenvalue weighted by Gasteiger charge is 2.15. The summed E-state index contributed by atoms with van der Waals surface area (Å²) in [4.78, 5) is 0. The molecule has 0 bridgehead atoms. The molecule has 0 saturated heterocycles. The number of benzene rings is 2. The van der Waals surface area contributed by atoms with E-state index in [9.17, 15) is 0 Å². The van der Waals surface area contributed by atoms with Gasteiger partial charge >= 0.3 is 0 Å². The Hall–Kier alpha value is 0.130. The minimum Gasteiger partial charge on any atom is -0.320 e. The summed E-state index contributed by atoms with van der Waals surface area (Å²) in [6, 6.07) is 11.4. The lowest BCUT2D eigenvalue weighted by molar-refractivity contribution is 0.859. The quantitative estimate of drug-likeness (QED) is 0.621. The number of nitrogens with two attached hydrogens (primary N) is 1. The fourth-order valence-electron chi connectivity index (χ4n) is 1.67. The van der Waals surface area contributed by atoms with Gasteiger partial charge in [-0.25, -0.2) is 0 Å². The summed E-state index contributed by atoms with van der Waals surface area (Å²) in [5, 5.41) is 0.686. The molecule has 18 heavy (non-hydrogen) atoms. The van der Waals surface area contributed by atoms with E-state index >= 15 is 0 Å². The summed E-state index contributed by atoms with van der Waals surface area (Å²) in [7, 11) is 0. The van der Waals surface area contributed by atoms with Crippen LogP contribution in [-0.2, 0) is 0 Å². The van der Waals surface area contributed by atoms with Crippen LogP contribution in [0.1, 0.15) is 17.2 Å². The van der Waals surface area contributed by atoms with Crippen molar-refractivity contribution >= 4 is 59.4 Å². The Labute approximate surface area is 136 Å². The lowest BCUT2D eigenvalue weighted by Crippen LogP contribution is -2.13. The second kappa shape index (κ2) is 6.06. The third-order valence-electron chi connectivity index (χ3n) is 2.59. The van der Waals surface area contributed by atoms with Crippen LogP contribution in [-0.4, -0.2) is 0 Å². The zero-order valence-electron chi connectivity index (χ0n) is 9.13. The van der Waals surface area contributed by atoms with E-state index in [1.807, 2.05) is 36.4 Å². The van der Waals surface area contributed by atoms with Gasteiger partial charge in [-0.15, -0.1) is 0 Å². The molecule has 5 heteroatoms. The largest absolute Gasteiger partial charge is 0.320 e. The third kappa shape index (κ3) is 3.17. The highest BCUT2D eigenvalue weighted by Crippen LogP contribution is 2.33.